The van der Waals surface area contributed by atoms with Crippen LogP contribution in [0.5, 0.6) is 0 Å². The van der Waals surface area contributed by atoms with Crippen molar-refractivity contribution in [1.29, 1.82) is 0 Å². The van der Waals surface area contributed by atoms with Crippen molar-refractivity contribution in [3.05, 3.63) is 28.5 Å². The van der Waals surface area contributed by atoms with E-state index in [1.54, 1.807) is 6.20 Å². The molecule has 1 aromatic heterocycles. The molecule has 1 aliphatic heterocycles. The molecular weight excluding hydrogens is 318 g/mol. The molecule has 0 aliphatic carbocycles. The maximum atomic E-state index is 12.7. The van der Waals surface area contributed by atoms with Gasteiger partial charge in [0.05, 0.1) is 0 Å². The molecular formula is C15H22BrN3O. The fourth-order valence-corrected chi connectivity index (χ4v) is 2.97. The smallest absolute Gasteiger partial charge is 0.273 e. The molecule has 0 atom stereocenters. The lowest BCUT2D eigenvalue weighted by molar-refractivity contribution is 0.0651. The fraction of sp³-hybridized carbons (Fsp3) is 0.600. The summed E-state index contributed by atoms with van der Waals surface area (Å²) in [6.07, 6.45) is 3.95. The standard InChI is InChI=1S/C15H22BrN3O/c1-11(2)19(10-12-5-8-17-9-6-12)15(20)14-13(16)4-3-7-18-14/h3-4,7,11-12,17H,5-6,8-10H2,1-2H3. The van der Waals surface area contributed by atoms with E-state index in [9.17, 15) is 4.79 Å². The Morgan fingerprint density at radius 2 is 2.20 bits per heavy atom. The summed E-state index contributed by atoms with van der Waals surface area (Å²) in [6, 6.07) is 3.88. The van der Waals surface area contributed by atoms with E-state index in [4.69, 9.17) is 0 Å². The van der Waals surface area contributed by atoms with Crippen LogP contribution in [0.15, 0.2) is 22.8 Å². The monoisotopic (exact) mass is 339 g/mol. The first-order chi connectivity index (χ1) is 9.59. The van der Waals surface area contributed by atoms with E-state index in [0.29, 0.717) is 11.6 Å². The molecule has 2 rings (SSSR count). The van der Waals surface area contributed by atoms with Gasteiger partial charge in [0.1, 0.15) is 5.69 Å². The van der Waals surface area contributed by atoms with E-state index in [1.807, 2.05) is 17.0 Å². The van der Waals surface area contributed by atoms with Crippen LogP contribution in [-0.2, 0) is 0 Å². The summed E-state index contributed by atoms with van der Waals surface area (Å²) >= 11 is 3.42. The number of aromatic nitrogens is 1. The molecule has 5 heteroatoms. The molecule has 0 bridgehead atoms. The highest BCUT2D eigenvalue weighted by Gasteiger charge is 2.25. The first-order valence-electron chi connectivity index (χ1n) is 7.21. The highest BCUT2D eigenvalue weighted by Crippen LogP contribution is 2.20. The van der Waals surface area contributed by atoms with E-state index in [1.165, 1.54) is 0 Å². The zero-order valence-electron chi connectivity index (χ0n) is 12.1. The number of rotatable bonds is 4. The van der Waals surface area contributed by atoms with Gasteiger partial charge in [0.15, 0.2) is 0 Å². The molecule has 0 unspecified atom stereocenters. The average Bonchev–Trinajstić information content (AvgIpc) is 2.45. The second-order valence-corrected chi connectivity index (χ2v) is 6.43. The lowest BCUT2D eigenvalue weighted by Gasteiger charge is -2.32. The minimum Gasteiger partial charge on any atom is -0.335 e. The lowest BCUT2D eigenvalue weighted by Crippen LogP contribution is -2.43. The summed E-state index contributed by atoms with van der Waals surface area (Å²) in [5.41, 5.74) is 0.509. The van der Waals surface area contributed by atoms with Crippen LogP contribution in [0, 0.1) is 5.92 Å². The van der Waals surface area contributed by atoms with Crippen molar-refractivity contribution < 1.29 is 4.79 Å². The van der Waals surface area contributed by atoms with Crippen LogP contribution in [0.2, 0.25) is 0 Å². The van der Waals surface area contributed by atoms with Gasteiger partial charge in [0, 0.05) is 23.3 Å². The summed E-state index contributed by atoms with van der Waals surface area (Å²) < 4.78 is 0.765. The summed E-state index contributed by atoms with van der Waals surface area (Å²) in [5.74, 6) is 0.607. The van der Waals surface area contributed by atoms with Crippen molar-refractivity contribution >= 4 is 21.8 Å². The SMILES string of the molecule is CC(C)N(CC1CCNCC1)C(=O)c1ncccc1Br. The third-order valence-electron chi connectivity index (χ3n) is 3.76. The van der Waals surface area contributed by atoms with E-state index in [0.717, 1.165) is 36.9 Å². The molecule has 0 radical (unpaired) electrons. The number of nitrogens with zero attached hydrogens (tertiary/aromatic N) is 2. The molecule has 0 saturated carbocycles. The van der Waals surface area contributed by atoms with Crippen molar-refractivity contribution in [1.82, 2.24) is 15.2 Å². The van der Waals surface area contributed by atoms with Crippen molar-refractivity contribution in [2.75, 3.05) is 19.6 Å². The van der Waals surface area contributed by atoms with Gasteiger partial charge in [-0.15, -0.1) is 0 Å². The second-order valence-electron chi connectivity index (χ2n) is 5.58. The van der Waals surface area contributed by atoms with Gasteiger partial charge in [-0.1, -0.05) is 0 Å². The topological polar surface area (TPSA) is 45.2 Å². The maximum Gasteiger partial charge on any atom is 0.273 e. The predicted molar refractivity (Wildman–Crippen MR) is 83.7 cm³/mol. The van der Waals surface area contributed by atoms with Crippen LogP contribution < -0.4 is 5.32 Å². The van der Waals surface area contributed by atoms with E-state index >= 15 is 0 Å². The molecule has 0 aromatic carbocycles. The number of hydrogen-bond acceptors (Lipinski definition) is 3. The van der Waals surface area contributed by atoms with E-state index in [2.05, 4.69) is 40.1 Å². The Bertz CT molecular complexity index is 458. The Hall–Kier alpha value is -0.940. The van der Waals surface area contributed by atoms with Gasteiger partial charge >= 0.3 is 0 Å². The number of amides is 1. The molecule has 1 aliphatic rings. The van der Waals surface area contributed by atoms with Crippen LogP contribution >= 0.6 is 15.9 Å². The molecule has 1 N–H and O–H groups in total. The number of halogens is 1. The molecule has 1 amide bonds. The molecule has 4 nitrogen and oxygen atoms in total. The van der Waals surface area contributed by atoms with Gasteiger partial charge < -0.3 is 10.2 Å². The van der Waals surface area contributed by atoms with Gasteiger partial charge in [0.25, 0.3) is 5.91 Å². The molecule has 1 saturated heterocycles. The highest BCUT2D eigenvalue weighted by atomic mass is 79.9. The molecule has 20 heavy (non-hydrogen) atoms. The van der Waals surface area contributed by atoms with Crippen LogP contribution in [0.4, 0.5) is 0 Å². The molecule has 0 spiro atoms. The molecule has 1 aromatic rings. The largest absolute Gasteiger partial charge is 0.335 e. The van der Waals surface area contributed by atoms with Gasteiger partial charge in [0.2, 0.25) is 0 Å². The van der Waals surface area contributed by atoms with Gasteiger partial charge in [-0.2, -0.15) is 0 Å². The molecule has 110 valence electrons. The average molecular weight is 340 g/mol. The summed E-state index contributed by atoms with van der Waals surface area (Å²) in [7, 11) is 0. The van der Waals surface area contributed by atoms with E-state index < -0.39 is 0 Å². The fourth-order valence-electron chi connectivity index (χ4n) is 2.55. The predicted octanol–water partition coefficient (Wildman–Crippen LogP) is 2.69. The van der Waals surface area contributed by atoms with Gasteiger partial charge in [-0.25, -0.2) is 4.98 Å². The number of carbonyl (C=O) groups excluding carboxylic acids is 1. The number of hydrogen-bond donors (Lipinski definition) is 1. The number of carbonyl (C=O) groups is 1. The summed E-state index contributed by atoms with van der Waals surface area (Å²) in [5, 5.41) is 3.36. The molecule has 1 fully saturated rings. The Labute approximate surface area is 129 Å². The second kappa shape index (κ2) is 7.18. The minimum absolute atomic E-state index is 0.0195. The number of nitrogens with one attached hydrogen (secondary N) is 1. The molecule has 2 heterocycles. The summed E-state index contributed by atoms with van der Waals surface area (Å²) in [4.78, 5) is 18.9. The maximum absolute atomic E-state index is 12.7. The first kappa shape index (κ1) is 15.4. The quantitative estimate of drug-likeness (QED) is 0.917. The Morgan fingerprint density at radius 1 is 1.50 bits per heavy atom. The third kappa shape index (κ3) is 3.79. The van der Waals surface area contributed by atoms with Crippen LogP contribution in [0.3, 0.4) is 0 Å². The number of piperidine rings is 1. The van der Waals surface area contributed by atoms with Crippen molar-refractivity contribution in [3.63, 3.8) is 0 Å². The van der Waals surface area contributed by atoms with Crippen LogP contribution in [0.25, 0.3) is 0 Å². The van der Waals surface area contributed by atoms with Crippen LogP contribution in [0.1, 0.15) is 37.2 Å². The highest BCUT2D eigenvalue weighted by molar-refractivity contribution is 9.10. The minimum atomic E-state index is 0.0195. The third-order valence-corrected chi connectivity index (χ3v) is 4.40. The zero-order valence-corrected chi connectivity index (χ0v) is 13.7. The Morgan fingerprint density at radius 3 is 2.80 bits per heavy atom. The Kier molecular flexibility index (Phi) is 5.54. The van der Waals surface area contributed by atoms with Gasteiger partial charge in [-0.3, -0.25) is 4.79 Å². The normalized spacial score (nSPS) is 16.4. The van der Waals surface area contributed by atoms with E-state index in [-0.39, 0.29) is 11.9 Å². The van der Waals surface area contributed by atoms with Crippen molar-refractivity contribution in [2.24, 2.45) is 5.92 Å². The Balaban J connectivity index is 2.11. The van der Waals surface area contributed by atoms with Crippen molar-refractivity contribution in [2.45, 2.75) is 32.7 Å². The summed E-state index contributed by atoms with van der Waals surface area (Å²) in [6.45, 7) is 7.06. The van der Waals surface area contributed by atoms with Crippen LogP contribution in [-0.4, -0.2) is 41.5 Å². The lowest BCUT2D eigenvalue weighted by atomic mass is 9.97. The van der Waals surface area contributed by atoms with Crippen molar-refractivity contribution in [3.8, 4) is 0 Å². The first-order valence-corrected chi connectivity index (χ1v) is 8.01. The van der Waals surface area contributed by atoms with Gasteiger partial charge in [-0.05, 0) is 73.8 Å². The number of pyridine rings is 1. The zero-order chi connectivity index (χ0) is 14.5.